The molecular formula is C17H16N4O4S. The molecule has 2 aromatic heterocycles. The maximum Gasteiger partial charge on any atom is 0.237 e. The van der Waals surface area contributed by atoms with Gasteiger partial charge in [0.15, 0.2) is 22.4 Å². The molecule has 0 saturated carbocycles. The SMILES string of the molecule is NC(=O)Cn1c(SCc2cccc3c2OCCO3)nnc1-c1ccco1. The van der Waals surface area contributed by atoms with Gasteiger partial charge < -0.3 is 19.6 Å². The van der Waals surface area contributed by atoms with Crippen LogP contribution in [0.2, 0.25) is 0 Å². The van der Waals surface area contributed by atoms with E-state index in [1.54, 1.807) is 23.0 Å². The second-order valence-electron chi connectivity index (χ2n) is 5.57. The Morgan fingerprint density at radius 1 is 1.19 bits per heavy atom. The topological polar surface area (TPSA) is 105 Å². The third-order valence-electron chi connectivity index (χ3n) is 3.78. The first kappa shape index (κ1) is 16.5. The van der Waals surface area contributed by atoms with E-state index in [0.717, 1.165) is 17.1 Å². The lowest BCUT2D eigenvalue weighted by molar-refractivity contribution is -0.118. The largest absolute Gasteiger partial charge is 0.486 e. The molecule has 9 heteroatoms. The maximum atomic E-state index is 11.5. The number of nitrogens with zero attached hydrogens (tertiary/aromatic N) is 3. The van der Waals surface area contributed by atoms with Crippen LogP contribution < -0.4 is 15.2 Å². The lowest BCUT2D eigenvalue weighted by Gasteiger charge is -2.20. The summed E-state index contributed by atoms with van der Waals surface area (Å²) in [5.41, 5.74) is 6.37. The number of thioether (sulfide) groups is 1. The lowest BCUT2D eigenvalue weighted by Crippen LogP contribution is -2.20. The van der Waals surface area contributed by atoms with Gasteiger partial charge in [0.2, 0.25) is 11.7 Å². The van der Waals surface area contributed by atoms with E-state index in [-0.39, 0.29) is 6.54 Å². The van der Waals surface area contributed by atoms with Crippen LogP contribution in [0, 0.1) is 0 Å². The zero-order valence-corrected chi connectivity index (χ0v) is 14.6. The molecule has 2 N–H and O–H groups in total. The van der Waals surface area contributed by atoms with Crippen molar-refractivity contribution < 1.29 is 18.7 Å². The Kier molecular flexibility index (Phi) is 4.53. The molecule has 1 aliphatic heterocycles. The molecule has 1 aromatic carbocycles. The Bertz CT molecular complexity index is 923. The van der Waals surface area contributed by atoms with Crippen molar-refractivity contribution in [3.8, 4) is 23.1 Å². The number of primary amides is 1. The summed E-state index contributed by atoms with van der Waals surface area (Å²) >= 11 is 1.44. The van der Waals surface area contributed by atoms with Crippen LogP contribution >= 0.6 is 11.8 Å². The molecule has 0 spiro atoms. The highest BCUT2D eigenvalue weighted by Gasteiger charge is 2.20. The second kappa shape index (κ2) is 7.12. The summed E-state index contributed by atoms with van der Waals surface area (Å²) in [5, 5.41) is 8.91. The van der Waals surface area contributed by atoms with E-state index in [1.165, 1.54) is 11.8 Å². The standard InChI is InChI=1S/C17H16N4O4S/c18-14(22)9-21-16(13-5-2-6-23-13)19-20-17(21)26-10-11-3-1-4-12-15(11)25-8-7-24-12/h1-6H,7-10H2,(H2,18,22). The number of furan rings is 1. The maximum absolute atomic E-state index is 11.5. The third kappa shape index (κ3) is 3.25. The summed E-state index contributed by atoms with van der Waals surface area (Å²) in [6.45, 7) is 1.04. The first-order valence-corrected chi connectivity index (χ1v) is 8.96. The van der Waals surface area contributed by atoms with Gasteiger partial charge in [-0.3, -0.25) is 9.36 Å². The van der Waals surface area contributed by atoms with Crippen LogP contribution in [0.25, 0.3) is 11.6 Å². The Morgan fingerprint density at radius 3 is 2.88 bits per heavy atom. The van der Waals surface area contributed by atoms with Gasteiger partial charge in [0.25, 0.3) is 0 Å². The minimum absolute atomic E-state index is 0.0299. The van der Waals surface area contributed by atoms with Crippen LogP contribution in [0.3, 0.4) is 0 Å². The van der Waals surface area contributed by atoms with Crippen LogP contribution in [-0.2, 0) is 17.1 Å². The van der Waals surface area contributed by atoms with E-state index >= 15 is 0 Å². The van der Waals surface area contributed by atoms with Crippen LogP contribution in [0.4, 0.5) is 0 Å². The number of benzene rings is 1. The van der Waals surface area contributed by atoms with Crippen LogP contribution in [-0.4, -0.2) is 33.9 Å². The fourth-order valence-electron chi connectivity index (χ4n) is 2.67. The monoisotopic (exact) mass is 372 g/mol. The zero-order chi connectivity index (χ0) is 17.9. The average Bonchev–Trinajstić information content (AvgIpc) is 3.29. The number of ether oxygens (including phenoxy) is 2. The average molecular weight is 372 g/mol. The summed E-state index contributed by atoms with van der Waals surface area (Å²) in [4.78, 5) is 11.5. The van der Waals surface area contributed by atoms with Crippen molar-refractivity contribution in [3.05, 3.63) is 42.2 Å². The van der Waals surface area contributed by atoms with E-state index < -0.39 is 5.91 Å². The number of amides is 1. The number of fused-ring (bicyclic) bond motifs is 1. The molecule has 3 aromatic rings. The molecule has 0 radical (unpaired) electrons. The number of aromatic nitrogens is 3. The molecule has 0 bridgehead atoms. The Labute approximate surface area is 153 Å². The molecule has 0 aliphatic carbocycles. The molecule has 0 atom stereocenters. The molecule has 0 unspecified atom stereocenters. The number of hydrogen-bond acceptors (Lipinski definition) is 7. The van der Waals surface area contributed by atoms with Gasteiger partial charge in [-0.1, -0.05) is 23.9 Å². The van der Waals surface area contributed by atoms with Crippen LogP contribution in [0.1, 0.15) is 5.56 Å². The second-order valence-corrected chi connectivity index (χ2v) is 6.51. The van der Waals surface area contributed by atoms with Crippen LogP contribution in [0.5, 0.6) is 11.5 Å². The number of nitrogens with two attached hydrogens (primary N) is 1. The van der Waals surface area contributed by atoms with E-state index in [4.69, 9.17) is 19.6 Å². The minimum atomic E-state index is -0.478. The Balaban J connectivity index is 1.60. The predicted octanol–water partition coefficient (Wildman–Crippen LogP) is 2.09. The summed E-state index contributed by atoms with van der Waals surface area (Å²) in [5.74, 6) is 2.59. The van der Waals surface area contributed by atoms with Crippen molar-refractivity contribution in [3.63, 3.8) is 0 Å². The number of para-hydroxylation sites is 1. The zero-order valence-electron chi connectivity index (χ0n) is 13.8. The highest BCUT2D eigenvalue weighted by atomic mass is 32.2. The van der Waals surface area contributed by atoms with Gasteiger partial charge in [-0.15, -0.1) is 10.2 Å². The smallest absolute Gasteiger partial charge is 0.237 e. The summed E-state index contributed by atoms with van der Waals surface area (Å²) < 4.78 is 18.4. The molecule has 3 heterocycles. The van der Waals surface area contributed by atoms with E-state index in [0.29, 0.717) is 35.7 Å². The van der Waals surface area contributed by atoms with E-state index in [1.807, 2.05) is 18.2 Å². The Hall–Kier alpha value is -2.94. The van der Waals surface area contributed by atoms with Crippen molar-refractivity contribution in [2.75, 3.05) is 13.2 Å². The lowest BCUT2D eigenvalue weighted by atomic mass is 10.2. The molecule has 1 aliphatic rings. The minimum Gasteiger partial charge on any atom is -0.486 e. The molecule has 0 fully saturated rings. The molecule has 26 heavy (non-hydrogen) atoms. The Morgan fingerprint density at radius 2 is 2.08 bits per heavy atom. The van der Waals surface area contributed by atoms with Gasteiger partial charge in [0, 0.05) is 11.3 Å². The fourth-order valence-corrected chi connectivity index (χ4v) is 3.59. The quantitative estimate of drug-likeness (QED) is 0.660. The molecule has 1 amide bonds. The van der Waals surface area contributed by atoms with Crippen molar-refractivity contribution >= 4 is 17.7 Å². The molecule has 4 rings (SSSR count). The molecule has 0 saturated heterocycles. The van der Waals surface area contributed by atoms with Crippen molar-refractivity contribution in [2.24, 2.45) is 5.73 Å². The van der Waals surface area contributed by atoms with Gasteiger partial charge in [-0.2, -0.15) is 0 Å². The van der Waals surface area contributed by atoms with Crippen LogP contribution in [0.15, 0.2) is 46.2 Å². The first-order chi connectivity index (χ1) is 12.7. The number of carbonyl (C=O) groups is 1. The van der Waals surface area contributed by atoms with E-state index in [9.17, 15) is 4.79 Å². The van der Waals surface area contributed by atoms with Gasteiger partial charge in [0.1, 0.15) is 19.8 Å². The van der Waals surface area contributed by atoms with Crippen molar-refractivity contribution in [2.45, 2.75) is 17.5 Å². The summed E-state index contributed by atoms with van der Waals surface area (Å²) in [6.07, 6.45) is 1.54. The summed E-state index contributed by atoms with van der Waals surface area (Å²) in [6, 6.07) is 9.29. The number of carbonyl (C=O) groups excluding carboxylic acids is 1. The van der Waals surface area contributed by atoms with Gasteiger partial charge in [-0.05, 0) is 18.2 Å². The first-order valence-electron chi connectivity index (χ1n) is 7.98. The van der Waals surface area contributed by atoms with E-state index in [2.05, 4.69) is 10.2 Å². The van der Waals surface area contributed by atoms with Gasteiger partial charge >= 0.3 is 0 Å². The molecule has 134 valence electrons. The molecule has 8 nitrogen and oxygen atoms in total. The van der Waals surface area contributed by atoms with Gasteiger partial charge in [-0.25, -0.2) is 0 Å². The normalized spacial score (nSPS) is 12.9. The number of hydrogen-bond donors (Lipinski definition) is 1. The van der Waals surface area contributed by atoms with Gasteiger partial charge in [0.05, 0.1) is 6.26 Å². The van der Waals surface area contributed by atoms with Crippen molar-refractivity contribution in [1.29, 1.82) is 0 Å². The third-order valence-corrected chi connectivity index (χ3v) is 4.79. The fraction of sp³-hybridized carbons (Fsp3) is 0.235. The highest BCUT2D eigenvalue weighted by Crippen LogP contribution is 2.37. The number of rotatable bonds is 6. The van der Waals surface area contributed by atoms with Crippen molar-refractivity contribution in [1.82, 2.24) is 14.8 Å². The molecular weight excluding hydrogens is 356 g/mol. The predicted molar refractivity (Wildman–Crippen MR) is 93.9 cm³/mol. The highest BCUT2D eigenvalue weighted by molar-refractivity contribution is 7.98. The summed E-state index contributed by atoms with van der Waals surface area (Å²) in [7, 11) is 0.